The van der Waals surface area contributed by atoms with Gasteiger partial charge in [0, 0.05) is 30.7 Å². The molecule has 0 spiro atoms. The molecule has 1 aliphatic heterocycles. The van der Waals surface area contributed by atoms with Gasteiger partial charge in [0.1, 0.15) is 16.4 Å². The molecule has 1 aliphatic rings. The van der Waals surface area contributed by atoms with Gasteiger partial charge in [0.25, 0.3) is 5.91 Å². The first-order chi connectivity index (χ1) is 15.3. The van der Waals surface area contributed by atoms with E-state index in [1.807, 2.05) is 31.2 Å². The summed E-state index contributed by atoms with van der Waals surface area (Å²) < 4.78 is 43.2. The fraction of sp³-hybridized carbons (Fsp3) is 0.435. The number of rotatable bonds is 9. The quantitative estimate of drug-likeness (QED) is 0.594. The second-order valence-corrected chi connectivity index (χ2v) is 9.46. The maximum Gasteiger partial charge on any atom is 0.251 e. The Kier molecular flexibility index (Phi) is 7.76. The van der Waals surface area contributed by atoms with Crippen LogP contribution in [0.5, 0.6) is 11.5 Å². The third-order valence-corrected chi connectivity index (χ3v) is 7.23. The molecule has 2 N–H and O–H groups in total. The summed E-state index contributed by atoms with van der Waals surface area (Å²) in [5.41, 5.74) is 1.08. The number of hydrogen-bond donors (Lipinski definition) is 2. The Morgan fingerprint density at radius 3 is 2.41 bits per heavy atom. The molecular weight excluding hydrogens is 432 g/mol. The molecule has 0 aromatic heterocycles. The maximum atomic E-state index is 12.9. The van der Waals surface area contributed by atoms with Crippen molar-refractivity contribution in [3.63, 3.8) is 0 Å². The summed E-state index contributed by atoms with van der Waals surface area (Å²) in [5, 5.41) is 3.00. The SMILES string of the molecule is CCOc1ccc(C2(CNC(=O)c3ccc(OC)c(S(=O)(=O)NC)c3)CCOCC2)cc1. The van der Waals surface area contributed by atoms with Gasteiger partial charge in [-0.2, -0.15) is 0 Å². The van der Waals surface area contributed by atoms with Crippen LogP contribution in [0.4, 0.5) is 0 Å². The summed E-state index contributed by atoms with van der Waals surface area (Å²) in [6.45, 7) is 4.16. The topological polar surface area (TPSA) is 103 Å². The van der Waals surface area contributed by atoms with Crippen LogP contribution in [0.15, 0.2) is 47.4 Å². The van der Waals surface area contributed by atoms with Crippen LogP contribution in [0.2, 0.25) is 0 Å². The highest BCUT2D eigenvalue weighted by atomic mass is 32.2. The Labute approximate surface area is 189 Å². The van der Waals surface area contributed by atoms with Crippen molar-refractivity contribution in [3.8, 4) is 11.5 Å². The fourth-order valence-electron chi connectivity index (χ4n) is 3.89. The van der Waals surface area contributed by atoms with E-state index in [4.69, 9.17) is 14.2 Å². The van der Waals surface area contributed by atoms with Crippen molar-refractivity contribution in [1.82, 2.24) is 10.0 Å². The molecule has 8 nitrogen and oxygen atoms in total. The lowest BCUT2D eigenvalue weighted by molar-refractivity contribution is 0.0487. The van der Waals surface area contributed by atoms with E-state index in [0.29, 0.717) is 26.4 Å². The van der Waals surface area contributed by atoms with Crippen molar-refractivity contribution in [2.45, 2.75) is 30.1 Å². The van der Waals surface area contributed by atoms with Crippen molar-refractivity contribution < 1.29 is 27.4 Å². The molecule has 0 radical (unpaired) electrons. The lowest BCUT2D eigenvalue weighted by atomic mass is 9.74. The van der Waals surface area contributed by atoms with Gasteiger partial charge >= 0.3 is 0 Å². The zero-order valence-corrected chi connectivity index (χ0v) is 19.5. The van der Waals surface area contributed by atoms with Gasteiger partial charge in [-0.3, -0.25) is 4.79 Å². The molecule has 1 heterocycles. The van der Waals surface area contributed by atoms with Gasteiger partial charge in [-0.15, -0.1) is 0 Å². The van der Waals surface area contributed by atoms with Gasteiger partial charge in [-0.1, -0.05) is 12.1 Å². The second-order valence-electron chi connectivity index (χ2n) is 7.61. The van der Waals surface area contributed by atoms with Crippen LogP contribution in [0.1, 0.15) is 35.7 Å². The smallest absolute Gasteiger partial charge is 0.251 e. The number of benzene rings is 2. The van der Waals surface area contributed by atoms with Gasteiger partial charge in [0.05, 0.1) is 13.7 Å². The lowest BCUT2D eigenvalue weighted by Gasteiger charge is -2.38. The summed E-state index contributed by atoms with van der Waals surface area (Å²) in [6.07, 6.45) is 1.53. The van der Waals surface area contributed by atoms with Crippen molar-refractivity contribution in [2.75, 3.05) is 40.5 Å². The molecule has 1 saturated heterocycles. The molecule has 9 heteroatoms. The van der Waals surface area contributed by atoms with Crippen LogP contribution in [0.3, 0.4) is 0 Å². The lowest BCUT2D eigenvalue weighted by Crippen LogP contribution is -2.44. The molecule has 3 rings (SSSR count). The number of carbonyl (C=O) groups is 1. The minimum Gasteiger partial charge on any atom is -0.495 e. The second kappa shape index (κ2) is 10.3. The average Bonchev–Trinajstić information content (AvgIpc) is 2.83. The van der Waals surface area contributed by atoms with E-state index in [1.54, 1.807) is 6.07 Å². The van der Waals surface area contributed by atoms with Gasteiger partial charge < -0.3 is 19.5 Å². The number of methoxy groups -OCH3 is 1. The molecule has 0 atom stereocenters. The predicted octanol–water partition coefficient (Wildman–Crippen LogP) is 2.48. The van der Waals surface area contributed by atoms with E-state index in [2.05, 4.69) is 10.0 Å². The molecule has 0 unspecified atom stereocenters. The number of amides is 1. The molecule has 1 amide bonds. The summed E-state index contributed by atoms with van der Waals surface area (Å²) in [6, 6.07) is 12.3. The Balaban J connectivity index is 1.82. The van der Waals surface area contributed by atoms with Crippen molar-refractivity contribution in [1.29, 1.82) is 0 Å². The number of ether oxygens (including phenoxy) is 3. The summed E-state index contributed by atoms with van der Waals surface area (Å²) in [5.74, 6) is 0.627. The Bertz CT molecular complexity index is 1030. The third kappa shape index (κ3) is 5.23. The Morgan fingerprint density at radius 1 is 1.12 bits per heavy atom. The molecule has 174 valence electrons. The van der Waals surface area contributed by atoms with Crippen LogP contribution >= 0.6 is 0 Å². The van der Waals surface area contributed by atoms with E-state index >= 15 is 0 Å². The first-order valence-corrected chi connectivity index (χ1v) is 12.0. The normalized spacial score (nSPS) is 15.7. The molecule has 0 bridgehead atoms. The van der Waals surface area contributed by atoms with E-state index in [0.717, 1.165) is 24.2 Å². The largest absolute Gasteiger partial charge is 0.495 e. The minimum absolute atomic E-state index is 0.0811. The van der Waals surface area contributed by atoms with Crippen LogP contribution in [-0.2, 0) is 20.2 Å². The first kappa shape index (κ1) is 24.0. The monoisotopic (exact) mass is 462 g/mol. The van der Waals surface area contributed by atoms with E-state index in [-0.39, 0.29) is 27.5 Å². The molecule has 1 fully saturated rings. The van der Waals surface area contributed by atoms with Crippen molar-refractivity contribution >= 4 is 15.9 Å². The van der Waals surface area contributed by atoms with E-state index < -0.39 is 10.0 Å². The highest BCUT2D eigenvalue weighted by Gasteiger charge is 2.35. The predicted molar refractivity (Wildman–Crippen MR) is 121 cm³/mol. The molecule has 32 heavy (non-hydrogen) atoms. The van der Waals surface area contributed by atoms with Crippen LogP contribution in [-0.4, -0.2) is 54.8 Å². The standard InChI is InChI=1S/C23H30N2O6S/c1-4-31-19-8-6-18(7-9-19)23(11-13-30-14-12-23)16-25-22(26)17-5-10-20(29-3)21(15-17)32(27,28)24-2/h5-10,15,24H,4,11-14,16H2,1-3H3,(H,25,26). The van der Waals surface area contributed by atoms with Crippen molar-refractivity contribution in [2.24, 2.45) is 0 Å². The van der Waals surface area contributed by atoms with Gasteiger partial charge in [-0.25, -0.2) is 13.1 Å². The maximum absolute atomic E-state index is 12.9. The number of carbonyl (C=O) groups excluding carboxylic acids is 1. The van der Waals surface area contributed by atoms with Gasteiger partial charge in [-0.05, 0) is 62.7 Å². The fourth-order valence-corrected chi connectivity index (χ4v) is 4.81. The highest BCUT2D eigenvalue weighted by molar-refractivity contribution is 7.89. The van der Waals surface area contributed by atoms with Crippen molar-refractivity contribution in [3.05, 3.63) is 53.6 Å². The summed E-state index contributed by atoms with van der Waals surface area (Å²) in [7, 11) is -1.08. The average molecular weight is 463 g/mol. The summed E-state index contributed by atoms with van der Waals surface area (Å²) >= 11 is 0. The number of sulfonamides is 1. The highest BCUT2D eigenvalue weighted by Crippen LogP contribution is 2.35. The first-order valence-electron chi connectivity index (χ1n) is 10.6. The van der Waals surface area contributed by atoms with Gasteiger partial charge in [0.2, 0.25) is 10.0 Å². The zero-order valence-electron chi connectivity index (χ0n) is 18.6. The van der Waals surface area contributed by atoms with Crippen LogP contribution < -0.4 is 19.5 Å². The summed E-state index contributed by atoms with van der Waals surface area (Å²) in [4.78, 5) is 12.9. The van der Waals surface area contributed by atoms with E-state index in [9.17, 15) is 13.2 Å². The molecule has 2 aromatic carbocycles. The van der Waals surface area contributed by atoms with Crippen LogP contribution in [0, 0.1) is 0 Å². The third-order valence-electron chi connectivity index (χ3n) is 5.80. The van der Waals surface area contributed by atoms with Gasteiger partial charge in [0.15, 0.2) is 0 Å². The number of nitrogens with one attached hydrogen (secondary N) is 2. The molecule has 0 saturated carbocycles. The van der Waals surface area contributed by atoms with E-state index in [1.165, 1.54) is 26.3 Å². The zero-order chi connectivity index (χ0) is 23.2. The molecule has 2 aromatic rings. The number of hydrogen-bond acceptors (Lipinski definition) is 6. The Morgan fingerprint density at radius 2 is 1.81 bits per heavy atom. The molecule has 0 aliphatic carbocycles. The Hall–Kier alpha value is -2.62. The minimum atomic E-state index is -3.78. The molecular formula is C23H30N2O6S. The van der Waals surface area contributed by atoms with Crippen LogP contribution in [0.25, 0.3) is 0 Å².